The number of aromatic nitrogens is 1. The first-order valence-electron chi connectivity index (χ1n) is 7.75. The molecule has 2 saturated heterocycles. The van der Waals surface area contributed by atoms with Crippen LogP contribution in [0.3, 0.4) is 0 Å². The minimum Gasteiger partial charge on any atom is -0.481 e. The van der Waals surface area contributed by atoms with E-state index in [0.717, 1.165) is 11.3 Å². The quantitative estimate of drug-likeness (QED) is 0.251. The monoisotopic (exact) mass is 411 g/mol. The Hall–Kier alpha value is -2.60. The molecule has 1 aromatic heterocycles. The molecule has 3 atom stereocenters. The Labute approximate surface area is 162 Å². The third-order valence-electron chi connectivity index (χ3n) is 4.37. The number of nitrogen functional groups attached to an aromatic ring is 1. The molecule has 27 heavy (non-hydrogen) atoms. The molecule has 0 bridgehead atoms. The molecule has 0 aliphatic carbocycles. The van der Waals surface area contributed by atoms with Gasteiger partial charge in [0.2, 0.25) is 5.91 Å². The highest BCUT2D eigenvalue weighted by atomic mass is 32.2. The maximum Gasteiger partial charge on any atom is 0.316 e. The molecule has 2 aliphatic rings. The molecule has 1 aromatic rings. The maximum atomic E-state index is 12.6. The Balaban J connectivity index is 1.72. The number of carboxylic acid groups (broad SMARTS) is 1. The van der Waals surface area contributed by atoms with E-state index < -0.39 is 23.3 Å². The summed E-state index contributed by atoms with van der Waals surface area (Å²) in [5, 5.41) is 17.2. The molecular weight excluding hydrogens is 394 g/mol. The topological polar surface area (TPSA) is 147 Å². The van der Waals surface area contributed by atoms with E-state index in [9.17, 15) is 19.5 Å². The van der Waals surface area contributed by atoms with E-state index >= 15 is 0 Å². The lowest BCUT2D eigenvalue weighted by Crippen LogP contribution is -2.73. The maximum absolute atomic E-state index is 12.6. The highest BCUT2D eigenvalue weighted by Gasteiger charge is 2.56. The molecule has 0 spiro atoms. The van der Waals surface area contributed by atoms with Gasteiger partial charge in [0.1, 0.15) is 29.6 Å². The van der Waals surface area contributed by atoms with Crippen molar-refractivity contribution in [3.05, 3.63) is 23.7 Å². The zero-order valence-electron chi connectivity index (χ0n) is 14.2. The number of oxime groups is 1. The molecule has 0 aromatic carbocycles. The molecule has 12 heteroatoms. The lowest BCUT2D eigenvalue weighted by Gasteiger charge is -2.53. The number of hydrogen-bond donors (Lipinski definition) is 3. The second-order valence-corrected chi connectivity index (χ2v) is 7.97. The van der Waals surface area contributed by atoms with Crippen LogP contribution in [0.2, 0.25) is 0 Å². The number of aliphatic carboxylic acids is 1. The van der Waals surface area contributed by atoms with Gasteiger partial charge in [-0.15, -0.1) is 29.7 Å². The number of β-lactam (4-membered cyclic amide) rings is 1. The Bertz CT molecular complexity index is 840. The van der Waals surface area contributed by atoms with E-state index in [-0.39, 0.29) is 40.1 Å². The summed E-state index contributed by atoms with van der Waals surface area (Å²) in [5.74, 6) is -1.75. The van der Waals surface area contributed by atoms with Gasteiger partial charge in [-0.05, 0) is 0 Å². The van der Waals surface area contributed by atoms with E-state index in [2.05, 4.69) is 22.0 Å². The molecule has 10 nitrogen and oxygen atoms in total. The minimum absolute atomic E-state index is 0.0241. The van der Waals surface area contributed by atoms with Crippen molar-refractivity contribution in [3.8, 4) is 0 Å². The van der Waals surface area contributed by atoms with Gasteiger partial charge in [-0.3, -0.25) is 14.4 Å². The fourth-order valence-electron chi connectivity index (χ4n) is 2.84. The van der Waals surface area contributed by atoms with Crippen molar-refractivity contribution in [1.29, 1.82) is 0 Å². The third-order valence-corrected chi connectivity index (χ3v) is 6.59. The number of carboxylic acids is 1. The fourth-order valence-corrected chi connectivity index (χ4v) is 4.92. The molecule has 2 fully saturated rings. The van der Waals surface area contributed by atoms with Gasteiger partial charge in [-0.2, -0.15) is 0 Å². The van der Waals surface area contributed by atoms with Gasteiger partial charge in [0, 0.05) is 17.7 Å². The number of nitrogens with zero attached hydrogens (tertiary/aromatic N) is 3. The predicted octanol–water partition coefficient (Wildman–Crippen LogP) is -0.267. The third kappa shape index (κ3) is 3.25. The number of carbonyl (C=O) groups is 3. The molecule has 0 radical (unpaired) electrons. The summed E-state index contributed by atoms with van der Waals surface area (Å²) in [6, 6.07) is -0.780. The van der Waals surface area contributed by atoms with E-state index in [1.165, 1.54) is 29.8 Å². The van der Waals surface area contributed by atoms with E-state index in [1.807, 2.05) is 0 Å². The van der Waals surface area contributed by atoms with E-state index in [1.54, 1.807) is 5.38 Å². The summed E-state index contributed by atoms with van der Waals surface area (Å²) < 4.78 is 0. The Morgan fingerprint density at radius 2 is 2.37 bits per heavy atom. The normalized spacial score (nSPS) is 27.4. The average molecular weight is 411 g/mol. The molecule has 3 rings (SSSR count). The number of nitrogens with two attached hydrogens (primary N) is 1. The second-order valence-electron chi connectivity index (χ2n) is 5.98. The zero-order valence-corrected chi connectivity index (χ0v) is 15.9. The molecular formula is C15H17N5O5S2. The number of hydrogen-bond acceptors (Lipinski definition) is 9. The molecule has 2 aliphatic heterocycles. The first-order chi connectivity index (χ1) is 12.8. The van der Waals surface area contributed by atoms with Crippen LogP contribution in [0.5, 0.6) is 0 Å². The van der Waals surface area contributed by atoms with Crippen LogP contribution in [0.15, 0.2) is 23.2 Å². The fraction of sp³-hybridized carbons (Fsp3) is 0.400. The number of anilines is 1. The Morgan fingerprint density at radius 3 is 2.93 bits per heavy atom. The number of fused-ring (bicyclic) bond motifs is 1. The Kier molecular flexibility index (Phi) is 5.11. The summed E-state index contributed by atoms with van der Waals surface area (Å²) in [6.45, 7) is 3.61. The number of thiazole rings is 1. The highest BCUT2D eigenvalue weighted by molar-refractivity contribution is 8.00. The van der Waals surface area contributed by atoms with Crippen LogP contribution in [0.1, 0.15) is 5.69 Å². The summed E-state index contributed by atoms with van der Waals surface area (Å²) in [4.78, 5) is 46.7. The van der Waals surface area contributed by atoms with Crippen molar-refractivity contribution in [1.82, 2.24) is 15.2 Å². The van der Waals surface area contributed by atoms with Crippen molar-refractivity contribution in [3.63, 3.8) is 0 Å². The number of amides is 2. The summed E-state index contributed by atoms with van der Waals surface area (Å²) in [5.41, 5.74) is 4.55. The molecule has 3 heterocycles. The van der Waals surface area contributed by atoms with Crippen molar-refractivity contribution in [2.45, 2.75) is 11.4 Å². The van der Waals surface area contributed by atoms with Crippen LogP contribution in [-0.2, 0) is 19.2 Å². The summed E-state index contributed by atoms with van der Waals surface area (Å²) in [7, 11) is 1.29. The first-order valence-corrected chi connectivity index (χ1v) is 9.68. The highest BCUT2D eigenvalue weighted by Crippen LogP contribution is 2.42. The lowest BCUT2D eigenvalue weighted by molar-refractivity contribution is -0.156. The minimum atomic E-state index is -1.19. The molecule has 2 unspecified atom stereocenters. The molecule has 144 valence electrons. The van der Waals surface area contributed by atoms with Crippen LogP contribution < -0.4 is 11.1 Å². The van der Waals surface area contributed by atoms with E-state index in [0.29, 0.717) is 0 Å². The van der Waals surface area contributed by atoms with Crippen LogP contribution in [0.4, 0.5) is 5.13 Å². The van der Waals surface area contributed by atoms with Gasteiger partial charge in [-0.1, -0.05) is 11.2 Å². The number of rotatable bonds is 6. The predicted molar refractivity (Wildman–Crippen MR) is 100 cm³/mol. The van der Waals surface area contributed by atoms with Crippen LogP contribution in [-0.4, -0.2) is 69.3 Å². The van der Waals surface area contributed by atoms with Gasteiger partial charge in [-0.25, -0.2) is 4.98 Å². The summed E-state index contributed by atoms with van der Waals surface area (Å²) in [6.07, 6.45) is 1.35. The lowest BCUT2D eigenvalue weighted by atomic mass is 9.87. The van der Waals surface area contributed by atoms with E-state index in [4.69, 9.17) is 10.6 Å². The van der Waals surface area contributed by atoms with Gasteiger partial charge >= 0.3 is 5.97 Å². The molecule has 4 N–H and O–H groups in total. The summed E-state index contributed by atoms with van der Waals surface area (Å²) >= 11 is 2.43. The average Bonchev–Trinajstić information content (AvgIpc) is 3.08. The number of carbonyl (C=O) groups excluding carboxylic acids is 2. The molecule has 2 amide bonds. The van der Waals surface area contributed by atoms with Crippen LogP contribution in [0.25, 0.3) is 0 Å². The van der Waals surface area contributed by atoms with Gasteiger partial charge in [0.05, 0.1) is 0 Å². The number of thioether (sulfide) groups is 1. The second kappa shape index (κ2) is 7.19. The van der Waals surface area contributed by atoms with Crippen LogP contribution >= 0.6 is 23.1 Å². The molecule has 0 saturated carbocycles. The van der Waals surface area contributed by atoms with Crippen LogP contribution in [0, 0.1) is 5.41 Å². The Morgan fingerprint density at radius 1 is 1.63 bits per heavy atom. The van der Waals surface area contributed by atoms with Crippen molar-refractivity contribution < 1.29 is 24.3 Å². The van der Waals surface area contributed by atoms with Gasteiger partial charge < -0.3 is 25.9 Å². The van der Waals surface area contributed by atoms with Gasteiger partial charge in [0.25, 0.3) is 5.91 Å². The SMILES string of the molecule is C=CC1(C(=O)O)CS[C@@H]2C(NC(=O)C(=NOC)c3csc(N)n3)C(=O)N2C1. The van der Waals surface area contributed by atoms with Crippen molar-refractivity contribution in [2.75, 3.05) is 25.1 Å². The van der Waals surface area contributed by atoms with Crippen molar-refractivity contribution >= 4 is 51.7 Å². The first kappa shape index (κ1) is 19.2. The zero-order chi connectivity index (χ0) is 19.8. The van der Waals surface area contributed by atoms with Crippen molar-refractivity contribution in [2.24, 2.45) is 10.6 Å². The standard InChI is InChI=1S/C15H17N5O5S2/c1-3-15(13(23)24)5-20-11(22)9(12(20)27-6-15)18-10(21)8(19-25-2)7-4-26-14(16)17-7/h3-4,9,12H,1,5-6H2,2H3,(H2,16,17)(H,18,21)(H,23,24)/t9?,12-,15?/m1/s1. The van der Waals surface area contributed by atoms with Gasteiger partial charge in [0.15, 0.2) is 10.8 Å². The smallest absolute Gasteiger partial charge is 0.316 e. The largest absolute Gasteiger partial charge is 0.481 e. The number of nitrogens with one attached hydrogen (secondary N) is 1.